The third-order valence-corrected chi connectivity index (χ3v) is 3.13. The van der Waals surface area contributed by atoms with Crippen molar-refractivity contribution in [2.45, 2.75) is 26.4 Å². The van der Waals surface area contributed by atoms with Gasteiger partial charge in [0.05, 0.1) is 13.1 Å². The predicted octanol–water partition coefficient (Wildman–Crippen LogP) is 2.31. The summed E-state index contributed by atoms with van der Waals surface area (Å²) in [4.78, 5) is 24.8. The van der Waals surface area contributed by atoms with Crippen molar-refractivity contribution in [3.63, 3.8) is 0 Å². The van der Waals surface area contributed by atoms with Crippen molar-refractivity contribution in [1.82, 2.24) is 5.32 Å². The lowest BCUT2D eigenvalue weighted by Crippen LogP contribution is -2.35. The van der Waals surface area contributed by atoms with Crippen LogP contribution in [0.15, 0.2) is 24.3 Å². The third kappa shape index (κ3) is 4.18. The van der Waals surface area contributed by atoms with Gasteiger partial charge in [0.15, 0.2) is 0 Å². The van der Waals surface area contributed by atoms with Crippen LogP contribution in [0.3, 0.4) is 0 Å². The highest BCUT2D eigenvalue weighted by Crippen LogP contribution is 2.21. The van der Waals surface area contributed by atoms with E-state index >= 15 is 0 Å². The molecular weight excluding hydrogens is 275 g/mol. The fourth-order valence-electron chi connectivity index (χ4n) is 2.13. The minimum Gasteiger partial charge on any atom is -0.442 e. The highest BCUT2D eigenvalue weighted by atomic mass is 19.1. The molecule has 0 spiro atoms. The topological polar surface area (TPSA) is 58.6 Å². The maximum atomic E-state index is 12.9. The summed E-state index contributed by atoms with van der Waals surface area (Å²) >= 11 is 0. The summed E-state index contributed by atoms with van der Waals surface area (Å²) in [5, 5.41) is 2.75. The maximum Gasteiger partial charge on any atom is 0.414 e. The van der Waals surface area contributed by atoms with Gasteiger partial charge >= 0.3 is 6.09 Å². The molecule has 0 radical (unpaired) electrons. The van der Waals surface area contributed by atoms with E-state index in [1.54, 1.807) is 0 Å². The number of halogens is 1. The molecule has 21 heavy (non-hydrogen) atoms. The average Bonchev–Trinajstić information content (AvgIpc) is 2.78. The first-order valence-corrected chi connectivity index (χ1v) is 6.96. The number of hydrogen-bond acceptors (Lipinski definition) is 3. The van der Waals surface area contributed by atoms with Crippen molar-refractivity contribution in [2.75, 3.05) is 18.0 Å². The van der Waals surface area contributed by atoms with Crippen LogP contribution in [0.25, 0.3) is 0 Å². The van der Waals surface area contributed by atoms with E-state index in [9.17, 15) is 14.0 Å². The van der Waals surface area contributed by atoms with Crippen LogP contribution >= 0.6 is 0 Å². The summed E-state index contributed by atoms with van der Waals surface area (Å²) in [5.41, 5.74) is 0.581. The van der Waals surface area contributed by atoms with Crippen LogP contribution in [0.2, 0.25) is 0 Å². The Labute approximate surface area is 123 Å². The van der Waals surface area contributed by atoms with E-state index < -0.39 is 12.2 Å². The summed E-state index contributed by atoms with van der Waals surface area (Å²) in [6.45, 7) is 4.55. The summed E-state index contributed by atoms with van der Waals surface area (Å²) in [5.74, 6) is -0.128. The number of ether oxygens (including phenoxy) is 1. The molecule has 1 saturated heterocycles. The van der Waals surface area contributed by atoms with Gasteiger partial charge in [0.25, 0.3) is 0 Å². The van der Waals surface area contributed by atoms with Crippen LogP contribution < -0.4 is 10.2 Å². The molecule has 1 aliphatic rings. The van der Waals surface area contributed by atoms with Crippen molar-refractivity contribution in [3.05, 3.63) is 30.1 Å². The smallest absolute Gasteiger partial charge is 0.414 e. The average molecular weight is 294 g/mol. The lowest BCUT2D eigenvalue weighted by molar-refractivity contribution is -0.122. The van der Waals surface area contributed by atoms with Crippen LogP contribution in [-0.2, 0) is 9.53 Å². The van der Waals surface area contributed by atoms with Crippen molar-refractivity contribution in [2.24, 2.45) is 5.92 Å². The number of rotatable bonds is 5. The van der Waals surface area contributed by atoms with Crippen LogP contribution in [0, 0.1) is 11.7 Å². The number of nitrogens with zero attached hydrogens (tertiary/aromatic N) is 1. The van der Waals surface area contributed by atoms with E-state index in [0.29, 0.717) is 18.7 Å². The molecule has 6 heteroatoms. The number of carbonyl (C=O) groups is 2. The molecule has 1 aliphatic heterocycles. The molecule has 1 heterocycles. The van der Waals surface area contributed by atoms with E-state index in [-0.39, 0.29) is 24.2 Å². The van der Waals surface area contributed by atoms with Crippen LogP contribution in [0.4, 0.5) is 14.9 Å². The molecule has 0 aromatic heterocycles. The predicted molar refractivity (Wildman–Crippen MR) is 76.5 cm³/mol. The zero-order valence-electron chi connectivity index (χ0n) is 12.1. The largest absolute Gasteiger partial charge is 0.442 e. The van der Waals surface area contributed by atoms with Crippen molar-refractivity contribution in [1.29, 1.82) is 0 Å². The first kappa shape index (κ1) is 15.3. The van der Waals surface area contributed by atoms with E-state index in [2.05, 4.69) is 5.32 Å². The normalized spacial score (nSPS) is 18.0. The second kappa shape index (κ2) is 6.56. The number of hydrogen-bond donors (Lipinski definition) is 1. The highest BCUT2D eigenvalue weighted by molar-refractivity contribution is 5.89. The van der Waals surface area contributed by atoms with E-state index in [1.165, 1.54) is 29.2 Å². The molecule has 0 saturated carbocycles. The quantitative estimate of drug-likeness (QED) is 0.906. The van der Waals surface area contributed by atoms with Gasteiger partial charge in [0.2, 0.25) is 5.91 Å². The molecule has 5 nitrogen and oxygen atoms in total. The molecule has 2 rings (SSSR count). The number of nitrogens with one attached hydrogen (secondary N) is 1. The molecule has 1 aromatic rings. The van der Waals surface area contributed by atoms with Gasteiger partial charge in [-0.05, 0) is 30.2 Å². The first-order chi connectivity index (χ1) is 9.95. The maximum absolute atomic E-state index is 12.9. The lowest BCUT2D eigenvalue weighted by Gasteiger charge is -2.13. The Morgan fingerprint density at radius 1 is 1.43 bits per heavy atom. The highest BCUT2D eigenvalue weighted by Gasteiger charge is 2.32. The molecular formula is C15H19FN2O3. The van der Waals surface area contributed by atoms with Gasteiger partial charge in [-0.25, -0.2) is 9.18 Å². The molecule has 114 valence electrons. The van der Waals surface area contributed by atoms with E-state index in [4.69, 9.17) is 4.74 Å². The van der Waals surface area contributed by atoms with Crippen LogP contribution in [0.5, 0.6) is 0 Å². The van der Waals surface area contributed by atoms with Gasteiger partial charge in [-0.3, -0.25) is 9.69 Å². The molecule has 1 N–H and O–H groups in total. The van der Waals surface area contributed by atoms with Gasteiger partial charge in [-0.15, -0.1) is 0 Å². The second-order valence-corrected chi connectivity index (χ2v) is 5.49. The monoisotopic (exact) mass is 294 g/mol. The van der Waals surface area contributed by atoms with Gasteiger partial charge in [0, 0.05) is 12.1 Å². The Balaban J connectivity index is 1.88. The summed E-state index contributed by atoms with van der Waals surface area (Å²) in [7, 11) is 0. The van der Waals surface area contributed by atoms with Crippen molar-refractivity contribution < 1.29 is 18.7 Å². The van der Waals surface area contributed by atoms with Crippen molar-refractivity contribution in [3.8, 4) is 0 Å². The van der Waals surface area contributed by atoms with Gasteiger partial charge in [0.1, 0.15) is 11.9 Å². The second-order valence-electron chi connectivity index (χ2n) is 5.49. The minimum absolute atomic E-state index is 0.0544. The Hall–Kier alpha value is -2.11. The molecule has 1 aromatic carbocycles. The Morgan fingerprint density at radius 3 is 2.71 bits per heavy atom. The fraction of sp³-hybridized carbons (Fsp3) is 0.467. The minimum atomic E-state index is -0.482. The third-order valence-electron chi connectivity index (χ3n) is 3.13. The fourth-order valence-corrected chi connectivity index (χ4v) is 2.13. The first-order valence-electron chi connectivity index (χ1n) is 6.96. The van der Waals surface area contributed by atoms with Crippen molar-refractivity contribution >= 4 is 17.7 Å². The Bertz CT molecular complexity index is 516. The zero-order valence-corrected chi connectivity index (χ0v) is 12.1. The standard InChI is InChI=1S/C15H19FN2O3/c1-10(2)7-14(19)17-8-13-9-18(15(20)21-13)12-5-3-11(16)4-6-12/h3-6,10,13H,7-9H2,1-2H3,(H,17,19). The lowest BCUT2D eigenvalue weighted by atomic mass is 10.1. The SMILES string of the molecule is CC(C)CC(=O)NCC1CN(c2ccc(F)cc2)C(=O)O1. The Morgan fingerprint density at radius 2 is 2.10 bits per heavy atom. The number of benzene rings is 1. The molecule has 1 fully saturated rings. The summed E-state index contributed by atoms with van der Waals surface area (Å²) in [6, 6.07) is 5.63. The molecule has 1 unspecified atom stereocenters. The molecule has 1 atom stereocenters. The van der Waals surface area contributed by atoms with Gasteiger partial charge in [-0.1, -0.05) is 13.8 Å². The molecule has 0 bridgehead atoms. The molecule has 2 amide bonds. The Kier molecular flexibility index (Phi) is 4.77. The summed E-state index contributed by atoms with van der Waals surface area (Å²) in [6.07, 6.45) is -0.425. The number of anilines is 1. The molecule has 0 aliphatic carbocycles. The number of cyclic esters (lactones) is 1. The van der Waals surface area contributed by atoms with Gasteiger partial charge < -0.3 is 10.1 Å². The van der Waals surface area contributed by atoms with E-state index in [0.717, 1.165) is 0 Å². The number of amides is 2. The zero-order chi connectivity index (χ0) is 15.4. The van der Waals surface area contributed by atoms with Crippen LogP contribution in [0.1, 0.15) is 20.3 Å². The number of carbonyl (C=O) groups excluding carboxylic acids is 2. The summed E-state index contributed by atoms with van der Waals surface area (Å²) < 4.78 is 18.1. The van der Waals surface area contributed by atoms with Crippen LogP contribution in [-0.4, -0.2) is 31.2 Å². The van der Waals surface area contributed by atoms with E-state index in [1.807, 2.05) is 13.8 Å². The van der Waals surface area contributed by atoms with Gasteiger partial charge in [-0.2, -0.15) is 0 Å².